The van der Waals surface area contributed by atoms with Crippen molar-refractivity contribution in [1.29, 1.82) is 0 Å². The third-order valence-corrected chi connectivity index (χ3v) is 9.06. The van der Waals surface area contributed by atoms with Crippen molar-refractivity contribution in [1.82, 2.24) is 5.32 Å². The summed E-state index contributed by atoms with van der Waals surface area (Å²) in [6, 6.07) is 0. The summed E-state index contributed by atoms with van der Waals surface area (Å²) < 4.78 is 5.97. The summed E-state index contributed by atoms with van der Waals surface area (Å²) >= 11 is 0. The van der Waals surface area contributed by atoms with Crippen LogP contribution in [0.25, 0.3) is 0 Å². The third kappa shape index (κ3) is 33.9. The molecule has 1 N–H and O–H groups in total. The second kappa shape index (κ2) is 36.3. The van der Waals surface area contributed by atoms with Gasteiger partial charge < -0.3 is 10.1 Å². The number of rotatable bonds is 32. The van der Waals surface area contributed by atoms with Crippen LogP contribution < -0.4 is 5.32 Å². The number of unbranched alkanes of at least 4 members (excludes halogenated alkanes) is 14. The van der Waals surface area contributed by atoms with Crippen molar-refractivity contribution >= 4 is 5.97 Å². The van der Waals surface area contributed by atoms with Gasteiger partial charge in [-0.05, 0) is 122 Å². The van der Waals surface area contributed by atoms with Gasteiger partial charge in [-0.25, -0.2) is 0 Å². The first-order chi connectivity index (χ1) is 23.4. The van der Waals surface area contributed by atoms with Gasteiger partial charge in [0.05, 0.1) is 0 Å². The van der Waals surface area contributed by atoms with Gasteiger partial charge in [0.1, 0.15) is 6.10 Å². The van der Waals surface area contributed by atoms with Crippen LogP contribution in [-0.4, -0.2) is 25.7 Å². The molecule has 0 aliphatic heterocycles. The Kier molecular flexibility index (Phi) is 34.8. The Morgan fingerprint density at radius 2 is 1.35 bits per heavy atom. The number of esters is 1. The molecule has 0 radical (unpaired) electrons. The Morgan fingerprint density at radius 3 is 2.04 bits per heavy atom. The molecule has 3 heteroatoms. The molecule has 0 aliphatic rings. The molecule has 0 saturated carbocycles. The van der Waals surface area contributed by atoms with Gasteiger partial charge in [0.2, 0.25) is 0 Å². The van der Waals surface area contributed by atoms with Crippen molar-refractivity contribution in [2.24, 2.45) is 5.92 Å². The first kappa shape index (κ1) is 46.0. The Morgan fingerprint density at radius 1 is 0.688 bits per heavy atom. The molecule has 0 fully saturated rings. The van der Waals surface area contributed by atoms with Crippen molar-refractivity contribution in [3.05, 3.63) is 41.2 Å². The van der Waals surface area contributed by atoms with Gasteiger partial charge in [-0.2, -0.15) is 0 Å². The van der Waals surface area contributed by atoms with E-state index in [1.807, 2.05) is 7.05 Å². The fraction of sp³-hybridized carbons (Fsp3) is 0.778. The lowest BCUT2D eigenvalue weighted by atomic mass is 10.0. The lowest BCUT2D eigenvalue weighted by molar-refractivity contribution is -0.150. The third-order valence-electron chi connectivity index (χ3n) is 9.06. The van der Waals surface area contributed by atoms with Gasteiger partial charge in [-0.15, -0.1) is 11.7 Å². The zero-order chi connectivity index (χ0) is 35.3. The highest BCUT2D eigenvalue weighted by atomic mass is 16.5. The summed E-state index contributed by atoms with van der Waals surface area (Å²) in [4.78, 5) is 12.5. The monoisotopic (exact) mass is 666 g/mol. The summed E-state index contributed by atoms with van der Waals surface area (Å²) in [5.41, 5.74) is 6.18. The van der Waals surface area contributed by atoms with Crippen LogP contribution in [0.1, 0.15) is 202 Å². The van der Waals surface area contributed by atoms with E-state index in [2.05, 4.69) is 81.8 Å². The summed E-state index contributed by atoms with van der Waals surface area (Å²) in [5.74, 6) is 7.32. The average Bonchev–Trinajstić information content (AvgIpc) is 3.06. The second-order valence-corrected chi connectivity index (χ2v) is 14.3. The fourth-order valence-corrected chi connectivity index (χ4v) is 5.99. The van der Waals surface area contributed by atoms with Crippen LogP contribution in [0.4, 0.5) is 0 Å². The van der Waals surface area contributed by atoms with Gasteiger partial charge >= 0.3 is 5.97 Å². The predicted molar refractivity (Wildman–Crippen MR) is 212 cm³/mol. The minimum atomic E-state index is -0.0158. The lowest BCUT2D eigenvalue weighted by Gasteiger charge is -2.18. The van der Waals surface area contributed by atoms with Gasteiger partial charge in [0, 0.05) is 19.3 Å². The molecule has 0 rings (SSSR count). The number of ether oxygens (including phenoxy) is 1. The molecule has 0 aromatic carbocycles. The molecule has 0 aromatic rings. The number of hydrogen-bond donors (Lipinski definition) is 1. The quantitative estimate of drug-likeness (QED) is 0.0255. The van der Waals surface area contributed by atoms with Gasteiger partial charge in [0.25, 0.3) is 0 Å². The number of allylic oxidation sites excluding steroid dienone is 5. The van der Waals surface area contributed by atoms with E-state index in [4.69, 9.17) is 4.74 Å². The van der Waals surface area contributed by atoms with Crippen molar-refractivity contribution in [2.75, 3.05) is 13.6 Å². The van der Waals surface area contributed by atoms with Crippen LogP contribution in [0.2, 0.25) is 0 Å². The highest BCUT2D eigenvalue weighted by molar-refractivity contribution is 5.69. The maximum Gasteiger partial charge on any atom is 0.306 e. The maximum atomic E-state index is 12.5. The summed E-state index contributed by atoms with van der Waals surface area (Å²) in [5, 5.41) is 3.13. The second-order valence-electron chi connectivity index (χ2n) is 14.3. The minimum absolute atomic E-state index is 0.0158. The molecule has 0 saturated heterocycles. The van der Waals surface area contributed by atoms with Gasteiger partial charge in [0.15, 0.2) is 0 Å². The highest BCUT2D eigenvalue weighted by Crippen LogP contribution is 2.19. The highest BCUT2D eigenvalue weighted by Gasteiger charge is 2.14. The summed E-state index contributed by atoms with van der Waals surface area (Å²) in [6.45, 7) is 12.1. The number of carbonyl (C=O) groups is 1. The normalized spacial score (nSPS) is 12.5. The largest absolute Gasteiger partial charge is 0.462 e. The van der Waals surface area contributed by atoms with Crippen molar-refractivity contribution in [3.63, 3.8) is 0 Å². The first-order valence-electron chi connectivity index (χ1n) is 20.5. The van der Waals surface area contributed by atoms with Gasteiger partial charge in [-0.3, -0.25) is 4.79 Å². The van der Waals surface area contributed by atoms with E-state index in [0.717, 1.165) is 57.9 Å². The van der Waals surface area contributed by atoms with Crippen molar-refractivity contribution in [2.45, 2.75) is 208 Å². The molecule has 2 atom stereocenters. The van der Waals surface area contributed by atoms with E-state index >= 15 is 0 Å². The zero-order valence-electron chi connectivity index (χ0n) is 32.9. The Bertz CT molecular complexity index is 926. The van der Waals surface area contributed by atoms with Crippen LogP contribution in [0.5, 0.6) is 0 Å². The van der Waals surface area contributed by atoms with E-state index < -0.39 is 0 Å². The molecule has 0 aliphatic carbocycles. The van der Waals surface area contributed by atoms with Crippen LogP contribution in [0, 0.1) is 17.8 Å². The van der Waals surface area contributed by atoms with E-state index in [0.29, 0.717) is 12.3 Å². The van der Waals surface area contributed by atoms with Crippen LogP contribution >= 0.6 is 0 Å². The first-order valence-corrected chi connectivity index (χ1v) is 20.5. The Hall–Kier alpha value is -2.01. The number of nitrogens with one attached hydrogen (secondary N) is 1. The fourth-order valence-electron chi connectivity index (χ4n) is 5.99. The molecular formula is C45H79NO2. The molecule has 276 valence electrons. The SMILES string of the molecule is CCCCCC#CCC(C)=C=C(C)CCCCCCCC(CCCCCCCC/C=C\C/C=C\C(C)CCCC)OC(=O)CCCNC. The number of carbonyl (C=O) groups excluding carboxylic acids is 1. The molecule has 0 bridgehead atoms. The molecule has 3 nitrogen and oxygen atoms in total. The van der Waals surface area contributed by atoms with Crippen LogP contribution in [0.15, 0.2) is 41.2 Å². The molecule has 0 heterocycles. The van der Waals surface area contributed by atoms with E-state index in [1.165, 1.54) is 120 Å². The van der Waals surface area contributed by atoms with Crippen molar-refractivity contribution < 1.29 is 9.53 Å². The number of hydrogen-bond acceptors (Lipinski definition) is 3. The molecule has 0 aromatic heterocycles. The molecular weight excluding hydrogens is 587 g/mol. The Balaban J connectivity index is 4.22. The maximum absolute atomic E-state index is 12.5. The molecule has 0 spiro atoms. The van der Waals surface area contributed by atoms with E-state index in [9.17, 15) is 4.79 Å². The lowest BCUT2D eigenvalue weighted by Crippen LogP contribution is -2.19. The molecule has 0 amide bonds. The molecule has 2 unspecified atom stereocenters. The predicted octanol–water partition coefficient (Wildman–Crippen LogP) is 13.5. The minimum Gasteiger partial charge on any atom is -0.462 e. The van der Waals surface area contributed by atoms with Gasteiger partial charge in [-0.1, -0.05) is 122 Å². The zero-order valence-corrected chi connectivity index (χ0v) is 32.9. The van der Waals surface area contributed by atoms with Crippen molar-refractivity contribution in [3.8, 4) is 11.8 Å². The summed E-state index contributed by atoms with van der Waals surface area (Å²) in [7, 11) is 1.93. The molecule has 48 heavy (non-hydrogen) atoms. The standard InChI is InChI=1S/C45H79NO2/c1-7-9-11-12-21-27-34-42(4)40-43(5)35-28-23-20-25-30-37-44(48-45(47)38-31-39-46-6)36-29-24-19-17-15-13-14-16-18-22-26-33-41(3)32-10-8-2/h16,18,26,33,41,44,46H,7-15,17,19-20,22-25,28-32,34-39H2,1-6H3/b18-16-,33-26-. The van der Waals surface area contributed by atoms with Crippen LogP contribution in [0.3, 0.4) is 0 Å². The smallest absolute Gasteiger partial charge is 0.306 e. The van der Waals surface area contributed by atoms with E-state index in [1.54, 1.807) is 0 Å². The average molecular weight is 666 g/mol. The topological polar surface area (TPSA) is 38.3 Å². The summed E-state index contributed by atoms with van der Waals surface area (Å²) in [6.07, 6.45) is 39.6. The Labute approximate surface area is 300 Å². The van der Waals surface area contributed by atoms with E-state index in [-0.39, 0.29) is 12.1 Å². The van der Waals surface area contributed by atoms with Crippen LogP contribution in [-0.2, 0) is 9.53 Å².